The van der Waals surface area contributed by atoms with Crippen molar-refractivity contribution in [1.82, 2.24) is 0 Å². The van der Waals surface area contributed by atoms with Crippen molar-refractivity contribution in [1.29, 1.82) is 0 Å². The van der Waals surface area contributed by atoms with Gasteiger partial charge < -0.3 is 4.90 Å². The first kappa shape index (κ1) is 12.9. The lowest BCUT2D eigenvalue weighted by molar-refractivity contribution is 0.0984. The zero-order valence-corrected chi connectivity index (χ0v) is 11.4. The van der Waals surface area contributed by atoms with E-state index >= 15 is 0 Å². The van der Waals surface area contributed by atoms with Gasteiger partial charge in [-0.25, -0.2) is 4.39 Å². The number of amides is 1. The maximum atomic E-state index is 14.1. The Bertz CT molecular complexity index is 649. The summed E-state index contributed by atoms with van der Waals surface area (Å²) in [5.41, 5.74) is 3.07. The second-order valence-electron chi connectivity index (χ2n) is 5.17. The first-order valence-electron chi connectivity index (χ1n) is 6.83. The smallest absolute Gasteiger partial charge is 0.258 e. The number of carbonyl (C=O) groups is 1. The number of halogens is 1. The molecule has 0 saturated carbocycles. The molecular formula is C17H16FNO. The molecule has 0 atom stereocenters. The molecule has 2 aromatic rings. The second-order valence-corrected chi connectivity index (χ2v) is 5.17. The Morgan fingerprint density at radius 1 is 1.15 bits per heavy atom. The summed E-state index contributed by atoms with van der Waals surface area (Å²) in [5.74, 6) is -0.446. The Labute approximate surface area is 117 Å². The Kier molecular flexibility index (Phi) is 3.26. The maximum absolute atomic E-state index is 14.1. The van der Waals surface area contributed by atoms with Crippen molar-refractivity contribution < 1.29 is 9.18 Å². The van der Waals surface area contributed by atoms with Gasteiger partial charge in [0.25, 0.3) is 5.91 Å². The first-order chi connectivity index (χ1) is 9.66. The Balaban J connectivity index is 2.00. The minimum absolute atomic E-state index is 0.129. The zero-order valence-electron chi connectivity index (χ0n) is 11.4. The predicted octanol–water partition coefficient (Wildman–Crippen LogP) is 3.73. The standard InChI is InChI=1S/C17H16FNO/c1-12-7-9-14(10-8-12)17(20)19-11-3-5-13-4-2-6-15(18)16(13)19/h2,4,6-10H,3,5,11H2,1H3. The molecule has 0 fully saturated rings. The molecule has 0 bridgehead atoms. The van der Waals surface area contributed by atoms with E-state index in [0.717, 1.165) is 24.0 Å². The summed E-state index contributed by atoms with van der Waals surface area (Å²) < 4.78 is 14.1. The van der Waals surface area contributed by atoms with Crippen molar-refractivity contribution in [3.8, 4) is 0 Å². The highest BCUT2D eigenvalue weighted by Crippen LogP contribution is 2.31. The van der Waals surface area contributed by atoms with Crippen molar-refractivity contribution in [3.05, 3.63) is 65.0 Å². The molecule has 3 rings (SSSR count). The van der Waals surface area contributed by atoms with E-state index in [1.807, 2.05) is 25.1 Å². The van der Waals surface area contributed by atoms with Gasteiger partial charge >= 0.3 is 0 Å². The topological polar surface area (TPSA) is 20.3 Å². The summed E-state index contributed by atoms with van der Waals surface area (Å²) in [6, 6.07) is 12.4. The van der Waals surface area contributed by atoms with E-state index in [1.165, 1.54) is 6.07 Å². The Morgan fingerprint density at radius 3 is 2.65 bits per heavy atom. The minimum atomic E-state index is -0.317. The number of hydrogen-bond acceptors (Lipinski definition) is 1. The van der Waals surface area contributed by atoms with Gasteiger partial charge in [0.1, 0.15) is 5.82 Å². The summed E-state index contributed by atoms with van der Waals surface area (Å²) >= 11 is 0. The van der Waals surface area contributed by atoms with Crippen LogP contribution in [-0.4, -0.2) is 12.5 Å². The molecule has 1 heterocycles. The fourth-order valence-corrected chi connectivity index (χ4v) is 2.66. The van der Waals surface area contributed by atoms with Crippen molar-refractivity contribution in [3.63, 3.8) is 0 Å². The first-order valence-corrected chi connectivity index (χ1v) is 6.83. The highest BCUT2D eigenvalue weighted by molar-refractivity contribution is 6.06. The third kappa shape index (κ3) is 2.20. The Hall–Kier alpha value is -2.16. The van der Waals surface area contributed by atoms with E-state index in [-0.39, 0.29) is 11.7 Å². The number of anilines is 1. The highest BCUT2D eigenvalue weighted by atomic mass is 19.1. The fraction of sp³-hybridized carbons (Fsp3) is 0.235. The number of rotatable bonds is 1. The third-order valence-corrected chi connectivity index (χ3v) is 3.71. The van der Waals surface area contributed by atoms with Gasteiger partial charge in [-0.15, -0.1) is 0 Å². The van der Waals surface area contributed by atoms with Crippen molar-refractivity contribution in [2.24, 2.45) is 0 Å². The SMILES string of the molecule is Cc1ccc(C(=O)N2CCCc3cccc(F)c32)cc1. The molecule has 3 heteroatoms. The van der Waals surface area contributed by atoms with Crippen LogP contribution in [-0.2, 0) is 6.42 Å². The van der Waals surface area contributed by atoms with E-state index < -0.39 is 0 Å². The quantitative estimate of drug-likeness (QED) is 0.772. The molecule has 0 N–H and O–H groups in total. The molecule has 2 nitrogen and oxygen atoms in total. The van der Waals surface area contributed by atoms with Crippen LogP contribution in [0.2, 0.25) is 0 Å². The van der Waals surface area contributed by atoms with Crippen LogP contribution in [0.15, 0.2) is 42.5 Å². The molecule has 1 aliphatic rings. The largest absolute Gasteiger partial charge is 0.305 e. The summed E-state index contributed by atoms with van der Waals surface area (Å²) in [5, 5.41) is 0. The predicted molar refractivity (Wildman–Crippen MR) is 77.6 cm³/mol. The third-order valence-electron chi connectivity index (χ3n) is 3.71. The molecule has 0 saturated heterocycles. The molecule has 0 spiro atoms. The molecule has 0 aliphatic carbocycles. The molecule has 0 aromatic heterocycles. The Morgan fingerprint density at radius 2 is 1.90 bits per heavy atom. The molecular weight excluding hydrogens is 253 g/mol. The van der Waals surface area contributed by atoms with Gasteiger partial charge in [0.2, 0.25) is 0 Å². The molecule has 20 heavy (non-hydrogen) atoms. The van der Waals surface area contributed by atoms with Crippen LogP contribution < -0.4 is 4.90 Å². The summed E-state index contributed by atoms with van der Waals surface area (Å²) in [4.78, 5) is 14.2. The summed E-state index contributed by atoms with van der Waals surface area (Å²) in [7, 11) is 0. The van der Waals surface area contributed by atoms with Crippen LogP contribution in [0.4, 0.5) is 10.1 Å². The van der Waals surface area contributed by atoms with Crippen molar-refractivity contribution in [2.45, 2.75) is 19.8 Å². The fourth-order valence-electron chi connectivity index (χ4n) is 2.66. The van der Waals surface area contributed by atoms with Gasteiger partial charge in [0.05, 0.1) is 5.69 Å². The molecule has 0 unspecified atom stereocenters. The van der Waals surface area contributed by atoms with E-state index in [0.29, 0.717) is 17.8 Å². The number of aryl methyl sites for hydroxylation is 2. The lowest BCUT2D eigenvalue weighted by Gasteiger charge is -2.29. The number of hydrogen-bond donors (Lipinski definition) is 0. The van der Waals surface area contributed by atoms with Gasteiger partial charge in [-0.3, -0.25) is 4.79 Å². The maximum Gasteiger partial charge on any atom is 0.258 e. The van der Waals surface area contributed by atoms with Gasteiger partial charge in [0, 0.05) is 12.1 Å². The number of nitrogens with zero attached hydrogens (tertiary/aromatic N) is 1. The second kappa shape index (κ2) is 5.08. The normalized spacial score (nSPS) is 14.0. The number of carbonyl (C=O) groups excluding carboxylic acids is 1. The van der Waals surface area contributed by atoms with Crippen LogP contribution in [0.1, 0.15) is 27.9 Å². The van der Waals surface area contributed by atoms with Gasteiger partial charge in [-0.1, -0.05) is 29.8 Å². The lowest BCUT2D eigenvalue weighted by atomic mass is 10.00. The van der Waals surface area contributed by atoms with E-state index in [9.17, 15) is 9.18 Å². The van der Waals surface area contributed by atoms with Crippen LogP contribution in [0.5, 0.6) is 0 Å². The highest BCUT2D eigenvalue weighted by Gasteiger charge is 2.26. The van der Waals surface area contributed by atoms with Gasteiger partial charge in [-0.2, -0.15) is 0 Å². The monoisotopic (exact) mass is 269 g/mol. The van der Waals surface area contributed by atoms with E-state index in [1.54, 1.807) is 23.1 Å². The van der Waals surface area contributed by atoms with Crippen molar-refractivity contribution >= 4 is 11.6 Å². The summed E-state index contributed by atoms with van der Waals surface area (Å²) in [6.45, 7) is 2.55. The number of fused-ring (bicyclic) bond motifs is 1. The lowest BCUT2D eigenvalue weighted by Crippen LogP contribution is -2.36. The molecule has 1 amide bonds. The van der Waals surface area contributed by atoms with Crippen LogP contribution in [0.3, 0.4) is 0 Å². The zero-order chi connectivity index (χ0) is 14.1. The molecule has 2 aromatic carbocycles. The molecule has 1 aliphatic heterocycles. The van der Waals surface area contributed by atoms with Crippen molar-refractivity contribution in [2.75, 3.05) is 11.4 Å². The van der Waals surface area contributed by atoms with E-state index in [4.69, 9.17) is 0 Å². The molecule has 102 valence electrons. The molecule has 0 radical (unpaired) electrons. The minimum Gasteiger partial charge on any atom is -0.305 e. The van der Waals surface area contributed by atoms with E-state index in [2.05, 4.69) is 0 Å². The van der Waals surface area contributed by atoms with Crippen LogP contribution >= 0.6 is 0 Å². The van der Waals surface area contributed by atoms with Gasteiger partial charge in [0.15, 0.2) is 0 Å². The van der Waals surface area contributed by atoms with Crippen LogP contribution in [0, 0.1) is 12.7 Å². The number of para-hydroxylation sites is 1. The average molecular weight is 269 g/mol. The van der Waals surface area contributed by atoms with Crippen LogP contribution in [0.25, 0.3) is 0 Å². The number of benzene rings is 2. The van der Waals surface area contributed by atoms with Gasteiger partial charge in [-0.05, 0) is 43.5 Å². The summed E-state index contributed by atoms with van der Waals surface area (Å²) in [6.07, 6.45) is 1.69. The average Bonchev–Trinajstić information content (AvgIpc) is 2.47.